The van der Waals surface area contributed by atoms with Crippen LogP contribution in [0.25, 0.3) is 10.7 Å². The van der Waals surface area contributed by atoms with Gasteiger partial charge in [0.25, 0.3) is 0 Å². The molecule has 1 aliphatic heterocycles. The van der Waals surface area contributed by atoms with Crippen molar-refractivity contribution in [2.75, 3.05) is 6.54 Å². The van der Waals surface area contributed by atoms with E-state index in [0.29, 0.717) is 24.3 Å². The van der Waals surface area contributed by atoms with Crippen LogP contribution in [0.4, 0.5) is 0 Å². The predicted molar refractivity (Wildman–Crippen MR) is 81.1 cm³/mol. The molecule has 4 rings (SSSR count). The van der Waals surface area contributed by atoms with E-state index in [4.69, 9.17) is 4.52 Å². The third kappa shape index (κ3) is 2.79. The molecule has 0 aliphatic carbocycles. The van der Waals surface area contributed by atoms with Crippen LogP contribution < -0.4 is 0 Å². The van der Waals surface area contributed by atoms with E-state index in [9.17, 15) is 0 Å². The fraction of sp³-hybridized carbons (Fsp3) is 0.429. The molecule has 0 radical (unpaired) electrons. The summed E-state index contributed by atoms with van der Waals surface area (Å²) in [5, 5.41) is 10.3. The molecule has 4 heterocycles. The zero-order valence-electron chi connectivity index (χ0n) is 12.0. The molecule has 1 aliphatic rings. The van der Waals surface area contributed by atoms with Crippen LogP contribution in [0.1, 0.15) is 18.7 Å². The Morgan fingerprint density at radius 2 is 2.41 bits per heavy atom. The lowest BCUT2D eigenvalue weighted by molar-refractivity contribution is 0.192. The minimum Gasteiger partial charge on any atom is -0.338 e. The smallest absolute Gasteiger partial charge is 0.241 e. The molecule has 0 N–H and O–H groups in total. The van der Waals surface area contributed by atoms with Crippen molar-refractivity contribution in [2.45, 2.75) is 32.0 Å². The van der Waals surface area contributed by atoms with Crippen LogP contribution in [-0.2, 0) is 13.1 Å². The van der Waals surface area contributed by atoms with Crippen LogP contribution in [0.3, 0.4) is 0 Å². The van der Waals surface area contributed by atoms with Crippen molar-refractivity contribution in [3.63, 3.8) is 0 Å². The highest BCUT2D eigenvalue weighted by molar-refractivity contribution is 7.13. The van der Waals surface area contributed by atoms with E-state index < -0.39 is 0 Å². The first-order valence-electron chi connectivity index (χ1n) is 7.31. The van der Waals surface area contributed by atoms with Gasteiger partial charge in [-0.25, -0.2) is 4.98 Å². The largest absolute Gasteiger partial charge is 0.338 e. The Bertz CT molecular complexity index is 708. The zero-order valence-corrected chi connectivity index (χ0v) is 12.8. The molecule has 0 aromatic carbocycles. The van der Waals surface area contributed by atoms with Gasteiger partial charge < -0.3 is 4.52 Å². The molecule has 0 amide bonds. The van der Waals surface area contributed by atoms with E-state index in [1.165, 1.54) is 6.42 Å². The van der Waals surface area contributed by atoms with Crippen LogP contribution in [0.2, 0.25) is 0 Å². The van der Waals surface area contributed by atoms with Crippen molar-refractivity contribution in [2.24, 2.45) is 0 Å². The van der Waals surface area contributed by atoms with Gasteiger partial charge in [-0.1, -0.05) is 11.2 Å². The van der Waals surface area contributed by atoms with Crippen molar-refractivity contribution >= 4 is 11.3 Å². The van der Waals surface area contributed by atoms with Gasteiger partial charge in [0.1, 0.15) is 12.7 Å². The summed E-state index contributed by atoms with van der Waals surface area (Å²) in [6.45, 7) is 2.60. The van der Waals surface area contributed by atoms with Crippen molar-refractivity contribution in [1.82, 2.24) is 29.8 Å². The lowest BCUT2D eigenvalue weighted by Gasteiger charge is -2.22. The number of aromatic nitrogens is 5. The second-order valence-corrected chi connectivity index (χ2v) is 6.32. The number of hydrogen-bond donors (Lipinski definition) is 0. The van der Waals surface area contributed by atoms with Gasteiger partial charge in [0.2, 0.25) is 11.7 Å². The fourth-order valence-electron chi connectivity index (χ4n) is 2.85. The van der Waals surface area contributed by atoms with E-state index in [2.05, 4.69) is 25.1 Å². The maximum absolute atomic E-state index is 5.40. The van der Waals surface area contributed by atoms with Crippen molar-refractivity contribution in [3.8, 4) is 10.7 Å². The first-order chi connectivity index (χ1) is 10.9. The van der Waals surface area contributed by atoms with Crippen molar-refractivity contribution in [3.05, 3.63) is 36.1 Å². The van der Waals surface area contributed by atoms with Crippen LogP contribution >= 0.6 is 11.3 Å². The molecule has 114 valence electrons. The van der Waals surface area contributed by atoms with Gasteiger partial charge in [0.15, 0.2) is 0 Å². The van der Waals surface area contributed by atoms with Crippen molar-refractivity contribution < 1.29 is 4.52 Å². The summed E-state index contributed by atoms with van der Waals surface area (Å²) >= 11 is 1.62. The van der Waals surface area contributed by atoms with E-state index in [1.807, 2.05) is 22.2 Å². The van der Waals surface area contributed by atoms with E-state index >= 15 is 0 Å². The Labute approximate surface area is 131 Å². The molecule has 22 heavy (non-hydrogen) atoms. The standard InChI is InChI=1S/C14H16N6OS/c1-3-11(7-20-10-15-9-16-20)19(5-1)8-13-17-14(18-21-13)12-4-2-6-22-12/h2,4,6,9-11H,1,3,5,7-8H2. The molecule has 1 atom stereocenters. The van der Waals surface area contributed by atoms with E-state index in [0.717, 1.165) is 24.4 Å². The van der Waals surface area contributed by atoms with Crippen molar-refractivity contribution in [1.29, 1.82) is 0 Å². The Morgan fingerprint density at radius 1 is 1.41 bits per heavy atom. The van der Waals surface area contributed by atoms with E-state index in [1.54, 1.807) is 24.0 Å². The minimum atomic E-state index is 0.443. The molecular weight excluding hydrogens is 300 g/mol. The quantitative estimate of drug-likeness (QED) is 0.717. The summed E-state index contributed by atoms with van der Waals surface area (Å²) in [4.78, 5) is 11.9. The van der Waals surface area contributed by atoms with Gasteiger partial charge in [-0.05, 0) is 30.8 Å². The normalized spacial score (nSPS) is 19.0. The van der Waals surface area contributed by atoms with Gasteiger partial charge in [-0.2, -0.15) is 10.1 Å². The number of likely N-dealkylation sites (tertiary alicyclic amines) is 1. The molecule has 3 aromatic heterocycles. The average Bonchev–Trinajstić information content (AvgIpc) is 3.28. The highest BCUT2D eigenvalue weighted by Crippen LogP contribution is 2.24. The van der Waals surface area contributed by atoms with Gasteiger partial charge >= 0.3 is 0 Å². The van der Waals surface area contributed by atoms with Crippen LogP contribution in [0, 0.1) is 0 Å². The minimum absolute atomic E-state index is 0.443. The van der Waals surface area contributed by atoms with E-state index in [-0.39, 0.29) is 0 Å². The summed E-state index contributed by atoms with van der Waals surface area (Å²) in [6.07, 6.45) is 5.68. The summed E-state index contributed by atoms with van der Waals surface area (Å²) in [6, 6.07) is 4.44. The lowest BCUT2D eigenvalue weighted by atomic mass is 10.2. The number of nitrogens with zero attached hydrogens (tertiary/aromatic N) is 6. The zero-order chi connectivity index (χ0) is 14.8. The average molecular weight is 316 g/mol. The molecule has 0 spiro atoms. The predicted octanol–water partition coefficient (Wildman–Crippen LogP) is 2.05. The third-order valence-electron chi connectivity index (χ3n) is 3.91. The Kier molecular flexibility index (Phi) is 3.69. The Morgan fingerprint density at radius 3 is 3.23 bits per heavy atom. The second kappa shape index (κ2) is 5.98. The molecule has 3 aromatic rings. The van der Waals surface area contributed by atoms with Crippen LogP contribution in [0.15, 0.2) is 34.7 Å². The summed E-state index contributed by atoms with van der Waals surface area (Å²) in [5.41, 5.74) is 0. The maximum Gasteiger partial charge on any atom is 0.241 e. The molecule has 1 fully saturated rings. The SMILES string of the molecule is c1csc(-c2noc(CN3CCCC3Cn3cncn3)n2)c1. The van der Waals surface area contributed by atoms with Crippen LogP contribution in [-0.4, -0.2) is 42.4 Å². The summed E-state index contributed by atoms with van der Waals surface area (Å²) < 4.78 is 7.29. The summed E-state index contributed by atoms with van der Waals surface area (Å²) in [5.74, 6) is 1.35. The second-order valence-electron chi connectivity index (χ2n) is 5.37. The van der Waals surface area contributed by atoms with Crippen LogP contribution in [0.5, 0.6) is 0 Å². The van der Waals surface area contributed by atoms with Gasteiger partial charge in [0, 0.05) is 6.04 Å². The fourth-order valence-corrected chi connectivity index (χ4v) is 3.50. The molecule has 1 unspecified atom stereocenters. The molecular formula is C14H16N6OS. The lowest BCUT2D eigenvalue weighted by Crippen LogP contribution is -2.32. The molecule has 0 saturated carbocycles. The van der Waals surface area contributed by atoms with Gasteiger partial charge in [-0.3, -0.25) is 9.58 Å². The monoisotopic (exact) mass is 316 g/mol. The first-order valence-corrected chi connectivity index (χ1v) is 8.19. The summed E-state index contributed by atoms with van der Waals surface area (Å²) in [7, 11) is 0. The Balaban J connectivity index is 1.44. The highest BCUT2D eigenvalue weighted by atomic mass is 32.1. The molecule has 7 nitrogen and oxygen atoms in total. The molecule has 0 bridgehead atoms. The van der Waals surface area contributed by atoms with Gasteiger partial charge in [0.05, 0.1) is 18.0 Å². The molecule has 8 heteroatoms. The number of rotatable bonds is 5. The molecule has 1 saturated heterocycles. The Hall–Kier alpha value is -2.06. The number of thiophene rings is 1. The van der Waals surface area contributed by atoms with Gasteiger partial charge in [-0.15, -0.1) is 11.3 Å². The topological polar surface area (TPSA) is 72.9 Å². The highest BCUT2D eigenvalue weighted by Gasteiger charge is 2.26. The number of hydrogen-bond acceptors (Lipinski definition) is 7. The third-order valence-corrected chi connectivity index (χ3v) is 4.78. The first kappa shape index (κ1) is 13.6. The maximum atomic E-state index is 5.40.